The molecule has 6 nitrogen and oxygen atoms in total. The largest absolute Gasteiger partial charge is 0.481 e. The quantitative estimate of drug-likeness (QED) is 0.933. The Morgan fingerprint density at radius 3 is 2.86 bits per heavy atom. The Hall–Kier alpha value is -1.92. The molecule has 1 aliphatic heterocycles. The summed E-state index contributed by atoms with van der Waals surface area (Å²) in [5, 5.41) is 7.47. The Kier molecular flexibility index (Phi) is 4.40. The molecule has 1 saturated heterocycles. The van der Waals surface area contributed by atoms with Gasteiger partial charge in [-0.05, 0) is 33.0 Å². The van der Waals surface area contributed by atoms with Crippen LogP contribution in [0.25, 0.3) is 0 Å². The Balaban J connectivity index is 1.68. The molecule has 2 heterocycles. The summed E-state index contributed by atoms with van der Waals surface area (Å²) in [6, 6.07) is 8.08. The van der Waals surface area contributed by atoms with E-state index in [0.717, 1.165) is 25.4 Å². The molecule has 6 heteroatoms. The molecule has 0 amide bonds. The van der Waals surface area contributed by atoms with Crippen LogP contribution in [0.1, 0.15) is 36.3 Å². The molecule has 0 spiro atoms. The third kappa shape index (κ3) is 3.28. The molecule has 1 aliphatic rings. The molecule has 1 N–H and O–H groups in total. The van der Waals surface area contributed by atoms with Gasteiger partial charge in [-0.1, -0.05) is 22.9 Å². The highest BCUT2D eigenvalue weighted by molar-refractivity contribution is 5.26. The molecule has 22 heavy (non-hydrogen) atoms. The van der Waals surface area contributed by atoms with Crippen LogP contribution in [0.5, 0.6) is 5.75 Å². The molecule has 2 atom stereocenters. The molecule has 3 rings (SSSR count). The first-order chi connectivity index (χ1) is 10.6. The number of likely N-dealkylation sites (N-methyl/N-ethyl adjacent to an activating group) is 1. The van der Waals surface area contributed by atoms with Crippen molar-refractivity contribution >= 4 is 0 Å². The van der Waals surface area contributed by atoms with E-state index in [1.165, 1.54) is 5.56 Å². The average Bonchev–Trinajstić information content (AvgIpc) is 3.00. The summed E-state index contributed by atoms with van der Waals surface area (Å²) in [4.78, 5) is 6.75. The van der Waals surface area contributed by atoms with Crippen molar-refractivity contribution in [3.63, 3.8) is 0 Å². The zero-order chi connectivity index (χ0) is 15.5. The normalized spacial score (nSPS) is 20.8. The van der Waals surface area contributed by atoms with Gasteiger partial charge in [-0.3, -0.25) is 4.90 Å². The molecule has 1 aromatic heterocycles. The van der Waals surface area contributed by atoms with Crippen LogP contribution < -0.4 is 10.1 Å². The summed E-state index contributed by atoms with van der Waals surface area (Å²) in [6.45, 7) is 6.77. The lowest BCUT2D eigenvalue weighted by Crippen LogP contribution is -2.44. The number of hydrogen-bond donors (Lipinski definition) is 1. The lowest BCUT2D eigenvalue weighted by Gasteiger charge is -2.30. The maximum Gasteiger partial charge on any atom is 0.267 e. The highest BCUT2D eigenvalue weighted by Gasteiger charge is 2.26. The van der Waals surface area contributed by atoms with E-state index in [2.05, 4.69) is 27.4 Å². The predicted octanol–water partition coefficient (Wildman–Crippen LogP) is 2.09. The maximum absolute atomic E-state index is 5.86. The van der Waals surface area contributed by atoms with Crippen LogP contribution in [-0.2, 0) is 0 Å². The smallest absolute Gasteiger partial charge is 0.267 e. The number of rotatable bonds is 4. The van der Waals surface area contributed by atoms with E-state index < -0.39 is 0 Å². The molecular formula is C16H22N4O2. The summed E-state index contributed by atoms with van der Waals surface area (Å²) in [6.07, 6.45) is -0.272. The molecule has 0 radical (unpaired) electrons. The maximum atomic E-state index is 5.86. The molecule has 1 fully saturated rings. The second kappa shape index (κ2) is 6.46. The highest BCUT2D eigenvalue weighted by atomic mass is 16.5. The number of aryl methyl sites for hydroxylation is 1. The average molecular weight is 302 g/mol. The number of benzene rings is 1. The number of piperazine rings is 1. The van der Waals surface area contributed by atoms with Gasteiger partial charge in [-0.15, -0.1) is 0 Å². The Labute approximate surface area is 130 Å². The molecular weight excluding hydrogens is 280 g/mol. The highest BCUT2D eigenvalue weighted by Crippen LogP contribution is 2.23. The van der Waals surface area contributed by atoms with Crippen molar-refractivity contribution in [3.05, 3.63) is 41.5 Å². The molecule has 0 saturated carbocycles. The minimum Gasteiger partial charge on any atom is -0.481 e. The zero-order valence-corrected chi connectivity index (χ0v) is 13.2. The number of aromatic nitrogens is 2. The van der Waals surface area contributed by atoms with Crippen molar-refractivity contribution in [2.24, 2.45) is 0 Å². The van der Waals surface area contributed by atoms with Crippen LogP contribution in [0.2, 0.25) is 0 Å². The van der Waals surface area contributed by atoms with E-state index in [-0.39, 0.29) is 12.1 Å². The van der Waals surface area contributed by atoms with E-state index in [1.807, 2.05) is 38.1 Å². The second-order valence-electron chi connectivity index (χ2n) is 5.76. The van der Waals surface area contributed by atoms with Gasteiger partial charge < -0.3 is 14.6 Å². The first-order valence-corrected chi connectivity index (χ1v) is 7.61. The first kappa shape index (κ1) is 15.0. The summed E-state index contributed by atoms with van der Waals surface area (Å²) in [5.74, 6) is 2.02. The predicted molar refractivity (Wildman–Crippen MR) is 82.8 cm³/mol. The lowest BCUT2D eigenvalue weighted by molar-refractivity contribution is 0.173. The van der Waals surface area contributed by atoms with E-state index in [1.54, 1.807) is 0 Å². The fourth-order valence-electron chi connectivity index (χ4n) is 2.51. The van der Waals surface area contributed by atoms with Crippen molar-refractivity contribution < 1.29 is 9.26 Å². The topological polar surface area (TPSA) is 63.4 Å². The van der Waals surface area contributed by atoms with E-state index in [9.17, 15) is 0 Å². The van der Waals surface area contributed by atoms with Crippen LogP contribution in [0, 0.1) is 6.92 Å². The van der Waals surface area contributed by atoms with Gasteiger partial charge in [0.05, 0.1) is 6.04 Å². The van der Waals surface area contributed by atoms with E-state index >= 15 is 0 Å². The molecule has 2 unspecified atom stereocenters. The van der Waals surface area contributed by atoms with Gasteiger partial charge in [0.25, 0.3) is 5.89 Å². The van der Waals surface area contributed by atoms with Gasteiger partial charge in [0.15, 0.2) is 11.9 Å². The molecule has 0 bridgehead atoms. The van der Waals surface area contributed by atoms with Gasteiger partial charge in [0.1, 0.15) is 5.75 Å². The molecule has 118 valence electrons. The standard InChI is InChI=1S/C16H22N4O2/c1-11-4-6-13(7-5-11)21-12(2)16-18-15(19-22-16)14-10-17-8-9-20(14)3/h4-7,12,14,17H,8-10H2,1-3H3. The Bertz CT molecular complexity index is 611. The van der Waals surface area contributed by atoms with Crippen LogP contribution >= 0.6 is 0 Å². The monoisotopic (exact) mass is 302 g/mol. The van der Waals surface area contributed by atoms with Gasteiger partial charge in [-0.2, -0.15) is 4.98 Å². The van der Waals surface area contributed by atoms with Crippen LogP contribution in [0.15, 0.2) is 28.8 Å². The molecule has 2 aromatic rings. The fraction of sp³-hybridized carbons (Fsp3) is 0.500. The summed E-state index contributed by atoms with van der Waals surface area (Å²) >= 11 is 0. The summed E-state index contributed by atoms with van der Waals surface area (Å²) < 4.78 is 11.2. The third-order valence-corrected chi connectivity index (χ3v) is 3.95. The SMILES string of the molecule is Cc1ccc(OC(C)c2nc(C3CNCCN3C)no2)cc1. The van der Waals surface area contributed by atoms with Gasteiger partial charge >= 0.3 is 0 Å². The van der Waals surface area contributed by atoms with Gasteiger partial charge in [-0.25, -0.2) is 0 Å². The van der Waals surface area contributed by atoms with Crippen LogP contribution in [-0.4, -0.2) is 41.7 Å². The van der Waals surface area contributed by atoms with E-state index in [4.69, 9.17) is 9.26 Å². The van der Waals surface area contributed by atoms with Crippen molar-refractivity contribution in [2.75, 3.05) is 26.7 Å². The minimum absolute atomic E-state index is 0.151. The van der Waals surface area contributed by atoms with Crippen LogP contribution in [0.4, 0.5) is 0 Å². The van der Waals surface area contributed by atoms with Crippen molar-refractivity contribution in [1.29, 1.82) is 0 Å². The Morgan fingerprint density at radius 2 is 2.14 bits per heavy atom. The minimum atomic E-state index is -0.272. The fourth-order valence-corrected chi connectivity index (χ4v) is 2.51. The summed E-state index contributed by atoms with van der Waals surface area (Å²) in [7, 11) is 2.08. The first-order valence-electron chi connectivity index (χ1n) is 7.61. The number of hydrogen-bond acceptors (Lipinski definition) is 6. The van der Waals surface area contributed by atoms with Gasteiger partial charge in [0, 0.05) is 19.6 Å². The molecule has 1 aromatic carbocycles. The third-order valence-electron chi connectivity index (χ3n) is 3.95. The number of ether oxygens (including phenoxy) is 1. The number of nitrogens with one attached hydrogen (secondary N) is 1. The lowest BCUT2D eigenvalue weighted by atomic mass is 10.2. The van der Waals surface area contributed by atoms with E-state index in [0.29, 0.717) is 11.7 Å². The number of nitrogens with zero attached hydrogens (tertiary/aromatic N) is 3. The van der Waals surface area contributed by atoms with Crippen molar-refractivity contribution in [1.82, 2.24) is 20.4 Å². The summed E-state index contributed by atoms with van der Waals surface area (Å²) in [5.41, 5.74) is 1.20. The molecule has 0 aliphatic carbocycles. The van der Waals surface area contributed by atoms with Crippen molar-refractivity contribution in [2.45, 2.75) is 26.0 Å². The Morgan fingerprint density at radius 1 is 1.36 bits per heavy atom. The van der Waals surface area contributed by atoms with Crippen molar-refractivity contribution in [3.8, 4) is 5.75 Å². The van der Waals surface area contributed by atoms with Gasteiger partial charge in [0.2, 0.25) is 0 Å². The van der Waals surface area contributed by atoms with Crippen LogP contribution in [0.3, 0.4) is 0 Å². The zero-order valence-electron chi connectivity index (χ0n) is 13.2. The second-order valence-corrected chi connectivity index (χ2v) is 5.76.